The van der Waals surface area contributed by atoms with Crippen LogP contribution in [0.15, 0.2) is 18.2 Å². The number of aromatic hydroxyl groups is 1. The molecule has 0 aliphatic heterocycles. The van der Waals surface area contributed by atoms with E-state index in [1.807, 2.05) is 0 Å². The molecule has 0 aromatic heterocycles. The lowest BCUT2D eigenvalue weighted by Gasteiger charge is -2.08. The molecular weight excluding hydrogens is 280 g/mol. The van der Waals surface area contributed by atoms with Crippen LogP contribution in [0.25, 0.3) is 0 Å². The smallest absolute Gasteiger partial charge is 0.342 e. The highest BCUT2D eigenvalue weighted by atomic mass is 16.5. The summed E-state index contributed by atoms with van der Waals surface area (Å²) in [6.07, 6.45) is 0. The molecule has 0 bridgehead atoms. The number of carbonyl (C=O) groups excluding carboxylic acids is 3. The van der Waals surface area contributed by atoms with Crippen LogP contribution in [0.2, 0.25) is 0 Å². The number of amides is 2. The number of methoxy groups -OCH3 is 1. The summed E-state index contributed by atoms with van der Waals surface area (Å²) in [6.45, 7) is -0.762. The first-order valence-corrected chi connectivity index (χ1v) is 5.99. The molecule has 8 heteroatoms. The van der Waals surface area contributed by atoms with Gasteiger partial charge >= 0.3 is 5.97 Å². The van der Waals surface area contributed by atoms with Crippen molar-refractivity contribution in [3.05, 3.63) is 23.8 Å². The van der Waals surface area contributed by atoms with E-state index in [4.69, 9.17) is 9.47 Å². The van der Waals surface area contributed by atoms with Gasteiger partial charge in [-0.25, -0.2) is 4.79 Å². The predicted octanol–water partition coefficient (Wildman–Crippen LogP) is -0.580. The Balaban J connectivity index is 2.50. The standard InChI is InChI=1S/C13H16N2O6/c1-14-11(17)6-15-12(18)7-21-13(19)9-4-3-8(20-2)5-10(9)16/h3-5,16H,6-7H2,1-2H3,(H,14,17)(H,15,18). The molecule has 0 fully saturated rings. The third-order valence-electron chi connectivity index (χ3n) is 2.48. The van der Waals surface area contributed by atoms with E-state index in [-0.39, 0.29) is 23.8 Å². The van der Waals surface area contributed by atoms with Crippen LogP contribution in [-0.4, -0.2) is 50.2 Å². The summed E-state index contributed by atoms with van der Waals surface area (Å²) in [6, 6.07) is 4.04. The second-order valence-corrected chi connectivity index (χ2v) is 3.91. The number of carbonyl (C=O) groups is 3. The van der Waals surface area contributed by atoms with Gasteiger partial charge in [0.15, 0.2) is 6.61 Å². The highest BCUT2D eigenvalue weighted by molar-refractivity contribution is 5.94. The second-order valence-electron chi connectivity index (χ2n) is 3.91. The third-order valence-corrected chi connectivity index (χ3v) is 2.48. The van der Waals surface area contributed by atoms with Crippen LogP contribution in [-0.2, 0) is 14.3 Å². The minimum absolute atomic E-state index is 0.0881. The Hall–Kier alpha value is -2.77. The first-order valence-electron chi connectivity index (χ1n) is 5.99. The highest BCUT2D eigenvalue weighted by Gasteiger charge is 2.15. The maximum atomic E-state index is 11.7. The van der Waals surface area contributed by atoms with E-state index in [0.29, 0.717) is 5.75 Å². The predicted molar refractivity (Wildman–Crippen MR) is 72.0 cm³/mol. The number of phenolic OH excluding ortho intramolecular Hbond substituents is 1. The Morgan fingerprint density at radius 3 is 2.52 bits per heavy atom. The van der Waals surface area contributed by atoms with Crippen LogP contribution in [0.1, 0.15) is 10.4 Å². The summed E-state index contributed by atoms with van der Waals surface area (Å²) < 4.78 is 9.61. The van der Waals surface area contributed by atoms with Crippen molar-refractivity contribution in [2.45, 2.75) is 0 Å². The summed E-state index contributed by atoms with van der Waals surface area (Å²) in [4.78, 5) is 33.9. The first kappa shape index (κ1) is 16.3. The van der Waals surface area contributed by atoms with E-state index < -0.39 is 18.5 Å². The van der Waals surface area contributed by atoms with Gasteiger partial charge in [0.2, 0.25) is 5.91 Å². The van der Waals surface area contributed by atoms with E-state index >= 15 is 0 Å². The molecule has 2 amide bonds. The highest BCUT2D eigenvalue weighted by Crippen LogP contribution is 2.23. The van der Waals surface area contributed by atoms with Gasteiger partial charge in [0, 0.05) is 13.1 Å². The number of ether oxygens (including phenoxy) is 2. The van der Waals surface area contributed by atoms with Crippen molar-refractivity contribution in [2.75, 3.05) is 27.3 Å². The fourth-order valence-electron chi connectivity index (χ4n) is 1.34. The summed E-state index contributed by atoms with van der Waals surface area (Å²) >= 11 is 0. The minimum Gasteiger partial charge on any atom is -0.507 e. The van der Waals surface area contributed by atoms with Crippen molar-refractivity contribution < 1.29 is 29.0 Å². The maximum Gasteiger partial charge on any atom is 0.342 e. The normalized spacial score (nSPS) is 9.62. The SMILES string of the molecule is CNC(=O)CNC(=O)COC(=O)c1ccc(OC)cc1O. The molecule has 3 N–H and O–H groups in total. The topological polar surface area (TPSA) is 114 Å². The average molecular weight is 296 g/mol. The lowest BCUT2D eigenvalue weighted by Crippen LogP contribution is -2.37. The molecule has 0 spiro atoms. The zero-order chi connectivity index (χ0) is 15.8. The molecule has 21 heavy (non-hydrogen) atoms. The van der Waals surface area contributed by atoms with Gasteiger partial charge in [-0.2, -0.15) is 0 Å². The molecule has 114 valence electrons. The first-order chi connectivity index (χ1) is 9.97. The lowest BCUT2D eigenvalue weighted by molar-refractivity contribution is -0.127. The number of phenols is 1. The molecule has 1 aromatic rings. The monoisotopic (exact) mass is 296 g/mol. The van der Waals surface area contributed by atoms with Crippen molar-refractivity contribution in [2.24, 2.45) is 0 Å². The van der Waals surface area contributed by atoms with Crippen molar-refractivity contribution in [3.63, 3.8) is 0 Å². The Morgan fingerprint density at radius 1 is 1.24 bits per heavy atom. The van der Waals surface area contributed by atoms with Gasteiger partial charge < -0.3 is 25.2 Å². The molecule has 0 unspecified atom stereocenters. The van der Waals surface area contributed by atoms with E-state index in [0.717, 1.165) is 0 Å². The largest absolute Gasteiger partial charge is 0.507 e. The van der Waals surface area contributed by atoms with Crippen LogP contribution in [0.3, 0.4) is 0 Å². The van der Waals surface area contributed by atoms with Crippen LogP contribution in [0, 0.1) is 0 Å². The third kappa shape index (κ3) is 5.01. The molecule has 0 saturated heterocycles. The maximum absolute atomic E-state index is 11.7. The van der Waals surface area contributed by atoms with E-state index in [9.17, 15) is 19.5 Å². The lowest BCUT2D eigenvalue weighted by atomic mass is 10.2. The average Bonchev–Trinajstić information content (AvgIpc) is 2.49. The molecule has 0 radical (unpaired) electrons. The van der Waals surface area contributed by atoms with E-state index in [1.165, 1.54) is 32.4 Å². The Labute approximate surface area is 121 Å². The molecule has 0 atom stereocenters. The fraction of sp³-hybridized carbons (Fsp3) is 0.308. The Morgan fingerprint density at radius 2 is 1.95 bits per heavy atom. The summed E-state index contributed by atoms with van der Waals surface area (Å²) in [7, 11) is 2.85. The molecule has 0 aliphatic carbocycles. The Kier molecular flexibility index (Phi) is 5.99. The number of hydrogen-bond acceptors (Lipinski definition) is 6. The van der Waals surface area contributed by atoms with Gasteiger partial charge in [0.25, 0.3) is 5.91 Å². The number of likely N-dealkylation sites (N-methyl/N-ethyl adjacent to an activating group) is 1. The van der Waals surface area contributed by atoms with E-state index in [1.54, 1.807) is 0 Å². The number of benzene rings is 1. The molecule has 1 rings (SSSR count). The van der Waals surface area contributed by atoms with Gasteiger partial charge in [-0.3, -0.25) is 9.59 Å². The zero-order valence-electron chi connectivity index (χ0n) is 11.6. The van der Waals surface area contributed by atoms with Crippen molar-refractivity contribution >= 4 is 17.8 Å². The molecule has 0 aliphatic rings. The number of esters is 1. The molecule has 8 nitrogen and oxygen atoms in total. The second kappa shape index (κ2) is 7.73. The molecule has 0 heterocycles. The van der Waals surface area contributed by atoms with Gasteiger partial charge in [0.1, 0.15) is 17.1 Å². The fourth-order valence-corrected chi connectivity index (χ4v) is 1.34. The number of nitrogens with one attached hydrogen (secondary N) is 2. The summed E-state index contributed by atoms with van der Waals surface area (Å²) in [5, 5.41) is 14.2. The molecule has 1 aromatic carbocycles. The van der Waals surface area contributed by atoms with Crippen molar-refractivity contribution in [1.29, 1.82) is 0 Å². The van der Waals surface area contributed by atoms with Crippen LogP contribution >= 0.6 is 0 Å². The van der Waals surface area contributed by atoms with Crippen LogP contribution in [0.4, 0.5) is 0 Å². The number of hydrogen-bond donors (Lipinski definition) is 3. The van der Waals surface area contributed by atoms with Crippen molar-refractivity contribution in [3.8, 4) is 11.5 Å². The minimum atomic E-state index is -0.856. The zero-order valence-corrected chi connectivity index (χ0v) is 11.6. The van der Waals surface area contributed by atoms with Gasteiger partial charge in [-0.1, -0.05) is 0 Å². The summed E-state index contributed by atoms with van der Waals surface area (Å²) in [5.41, 5.74) is -0.0881. The van der Waals surface area contributed by atoms with Crippen LogP contribution < -0.4 is 15.4 Å². The Bertz CT molecular complexity index is 543. The van der Waals surface area contributed by atoms with E-state index in [2.05, 4.69) is 10.6 Å². The van der Waals surface area contributed by atoms with Gasteiger partial charge in [-0.15, -0.1) is 0 Å². The molecule has 0 saturated carbocycles. The molecular formula is C13H16N2O6. The van der Waals surface area contributed by atoms with Crippen molar-refractivity contribution in [1.82, 2.24) is 10.6 Å². The quantitative estimate of drug-likeness (QED) is 0.605. The van der Waals surface area contributed by atoms with Crippen LogP contribution in [0.5, 0.6) is 11.5 Å². The van der Waals surface area contributed by atoms with Gasteiger partial charge in [0.05, 0.1) is 13.7 Å². The van der Waals surface area contributed by atoms with Gasteiger partial charge in [-0.05, 0) is 12.1 Å². The summed E-state index contributed by atoms with van der Waals surface area (Å²) in [5.74, 6) is -1.79. The number of rotatable bonds is 6.